The minimum Gasteiger partial charge on any atom is -0.467 e. The first kappa shape index (κ1) is 19.1. The Balaban J connectivity index is 1.65. The number of benzene rings is 1. The molecule has 29 heavy (non-hydrogen) atoms. The van der Waals surface area contributed by atoms with E-state index >= 15 is 0 Å². The van der Waals surface area contributed by atoms with Crippen LogP contribution in [0.3, 0.4) is 0 Å². The average molecular weight is 408 g/mol. The quantitative estimate of drug-likeness (QED) is 0.357. The molecule has 0 fully saturated rings. The Labute approximate surface area is 172 Å². The first-order valence-electron chi connectivity index (χ1n) is 9.10. The highest BCUT2D eigenvalue weighted by Crippen LogP contribution is 2.37. The Bertz CT molecular complexity index is 1040. The molecule has 1 aliphatic heterocycles. The third-order valence-corrected chi connectivity index (χ3v) is 5.32. The molecule has 0 amide bonds. The molecule has 3 aromatic rings. The lowest BCUT2D eigenvalue weighted by molar-refractivity contribution is -0.138. The van der Waals surface area contributed by atoms with Crippen molar-refractivity contribution in [3.05, 3.63) is 84.0 Å². The molecule has 3 heterocycles. The first-order chi connectivity index (χ1) is 14.2. The molecule has 1 N–H and O–H groups in total. The lowest BCUT2D eigenvalue weighted by Crippen LogP contribution is -2.29. The van der Waals surface area contributed by atoms with E-state index in [-0.39, 0.29) is 6.61 Å². The monoisotopic (exact) mass is 408 g/mol. The number of allylic oxidation sites excluding steroid dienone is 1. The summed E-state index contributed by atoms with van der Waals surface area (Å²) in [7, 11) is 0. The van der Waals surface area contributed by atoms with E-state index in [2.05, 4.69) is 34.1 Å². The van der Waals surface area contributed by atoms with Crippen molar-refractivity contribution < 1.29 is 13.9 Å². The Kier molecular flexibility index (Phi) is 5.53. The summed E-state index contributed by atoms with van der Waals surface area (Å²) in [5.41, 5.74) is 2.27. The van der Waals surface area contributed by atoms with Gasteiger partial charge in [0.15, 0.2) is 0 Å². The number of carbonyl (C=O) groups is 1. The molecule has 7 nitrogen and oxygen atoms in total. The van der Waals surface area contributed by atoms with Crippen LogP contribution in [0.5, 0.6) is 0 Å². The molecule has 0 bridgehead atoms. The zero-order valence-electron chi connectivity index (χ0n) is 15.9. The van der Waals surface area contributed by atoms with E-state index in [1.807, 2.05) is 31.2 Å². The summed E-state index contributed by atoms with van der Waals surface area (Å²) in [6.07, 6.45) is 3.10. The summed E-state index contributed by atoms with van der Waals surface area (Å²) in [6, 6.07) is 13.2. The van der Waals surface area contributed by atoms with Gasteiger partial charge in [0, 0.05) is 11.4 Å². The number of anilines is 1. The molecule has 2 aromatic heterocycles. The summed E-state index contributed by atoms with van der Waals surface area (Å²) in [5, 5.41) is 8.41. The maximum atomic E-state index is 12.7. The number of carbonyl (C=O) groups excluding carboxylic acids is 1. The van der Waals surface area contributed by atoms with Crippen molar-refractivity contribution in [1.82, 2.24) is 14.8 Å². The zero-order chi connectivity index (χ0) is 20.2. The fourth-order valence-corrected chi connectivity index (χ4v) is 3.89. The lowest BCUT2D eigenvalue weighted by Gasteiger charge is -2.26. The molecule has 1 aromatic carbocycles. The number of aromatic nitrogens is 3. The van der Waals surface area contributed by atoms with Crippen molar-refractivity contribution in [2.45, 2.75) is 23.9 Å². The van der Waals surface area contributed by atoms with Gasteiger partial charge in [-0.1, -0.05) is 54.7 Å². The number of fused-ring (bicyclic) bond motifs is 1. The summed E-state index contributed by atoms with van der Waals surface area (Å²) < 4.78 is 12.6. The summed E-state index contributed by atoms with van der Waals surface area (Å²) in [5.74, 6) is 1.44. The highest BCUT2D eigenvalue weighted by molar-refractivity contribution is 7.98. The number of hydrogen-bond donors (Lipinski definition) is 1. The fraction of sp³-hybridized carbons (Fsp3) is 0.190. The van der Waals surface area contributed by atoms with E-state index in [9.17, 15) is 4.79 Å². The third kappa shape index (κ3) is 3.97. The van der Waals surface area contributed by atoms with Crippen LogP contribution in [-0.2, 0) is 15.3 Å². The van der Waals surface area contributed by atoms with Gasteiger partial charge in [-0.2, -0.15) is 4.98 Å². The van der Waals surface area contributed by atoms with Crippen LogP contribution in [0.15, 0.2) is 82.2 Å². The number of furan rings is 1. The van der Waals surface area contributed by atoms with Gasteiger partial charge in [-0.25, -0.2) is 9.48 Å². The number of nitrogens with zero attached hydrogens (tertiary/aromatic N) is 3. The van der Waals surface area contributed by atoms with Crippen molar-refractivity contribution in [2.24, 2.45) is 0 Å². The molecule has 4 rings (SSSR count). The highest BCUT2D eigenvalue weighted by Gasteiger charge is 2.36. The highest BCUT2D eigenvalue weighted by atomic mass is 32.2. The molecule has 1 aliphatic rings. The van der Waals surface area contributed by atoms with Gasteiger partial charge in [-0.15, -0.1) is 5.10 Å². The van der Waals surface area contributed by atoms with Crippen LogP contribution < -0.4 is 5.32 Å². The molecule has 0 saturated heterocycles. The molecule has 1 unspecified atom stereocenters. The van der Waals surface area contributed by atoms with Gasteiger partial charge in [0.05, 0.1) is 11.8 Å². The number of nitrogens with one attached hydrogen (secondary N) is 1. The summed E-state index contributed by atoms with van der Waals surface area (Å²) >= 11 is 1.53. The number of rotatable bonds is 7. The SMILES string of the molecule is C=CCOC(=O)C1=C(C)Nc2nc(SCc3ccccc3)nn2C1c1ccco1. The standard InChI is InChI=1S/C21H20N4O3S/c1-3-11-28-19(26)17-14(2)22-20-23-21(29-13-15-8-5-4-6-9-15)24-25(20)18(17)16-10-7-12-27-16/h3-10,12,18H,1,11,13H2,2H3,(H,22,23,24). The van der Waals surface area contributed by atoms with E-state index < -0.39 is 12.0 Å². The number of esters is 1. The minimum absolute atomic E-state index is 0.128. The van der Waals surface area contributed by atoms with Crippen molar-refractivity contribution in [1.29, 1.82) is 0 Å². The van der Waals surface area contributed by atoms with Gasteiger partial charge < -0.3 is 14.5 Å². The molecular weight excluding hydrogens is 388 g/mol. The molecule has 0 aliphatic carbocycles. The molecule has 148 valence electrons. The molecule has 1 atom stereocenters. The van der Waals surface area contributed by atoms with Gasteiger partial charge in [-0.05, 0) is 24.6 Å². The van der Waals surface area contributed by atoms with Crippen LogP contribution in [0.25, 0.3) is 0 Å². The summed E-state index contributed by atoms with van der Waals surface area (Å²) in [4.78, 5) is 17.3. The second-order valence-corrected chi connectivity index (χ2v) is 7.35. The van der Waals surface area contributed by atoms with E-state index in [0.29, 0.717) is 28.1 Å². The van der Waals surface area contributed by atoms with Gasteiger partial charge in [-0.3, -0.25) is 0 Å². The summed E-state index contributed by atoms with van der Waals surface area (Å²) in [6.45, 7) is 5.54. The van der Waals surface area contributed by atoms with E-state index in [4.69, 9.17) is 9.15 Å². The number of thioether (sulfide) groups is 1. The Morgan fingerprint density at radius 2 is 2.17 bits per heavy atom. The van der Waals surface area contributed by atoms with Crippen LogP contribution in [0.2, 0.25) is 0 Å². The van der Waals surface area contributed by atoms with Gasteiger partial charge in [0.2, 0.25) is 11.1 Å². The number of ether oxygens (including phenoxy) is 1. The predicted octanol–water partition coefficient (Wildman–Crippen LogP) is 4.18. The van der Waals surface area contributed by atoms with Crippen LogP contribution in [0.1, 0.15) is 24.3 Å². The van der Waals surface area contributed by atoms with Crippen molar-refractivity contribution in [2.75, 3.05) is 11.9 Å². The lowest BCUT2D eigenvalue weighted by atomic mass is 10.0. The first-order valence-corrected chi connectivity index (χ1v) is 10.1. The van der Waals surface area contributed by atoms with Gasteiger partial charge >= 0.3 is 5.97 Å². The Morgan fingerprint density at radius 3 is 2.90 bits per heavy atom. The molecule has 0 saturated carbocycles. The third-order valence-electron chi connectivity index (χ3n) is 4.41. The molecule has 0 spiro atoms. The van der Waals surface area contributed by atoms with E-state index in [0.717, 1.165) is 5.75 Å². The Hall–Kier alpha value is -3.26. The fourth-order valence-electron chi connectivity index (χ4n) is 3.10. The zero-order valence-corrected chi connectivity index (χ0v) is 16.7. The van der Waals surface area contributed by atoms with Crippen LogP contribution in [0, 0.1) is 0 Å². The van der Waals surface area contributed by atoms with Gasteiger partial charge in [0.25, 0.3) is 0 Å². The number of hydrogen-bond acceptors (Lipinski definition) is 7. The van der Waals surface area contributed by atoms with Crippen LogP contribution in [-0.4, -0.2) is 27.3 Å². The van der Waals surface area contributed by atoms with Crippen molar-refractivity contribution in [3.8, 4) is 0 Å². The van der Waals surface area contributed by atoms with Crippen molar-refractivity contribution in [3.63, 3.8) is 0 Å². The van der Waals surface area contributed by atoms with E-state index in [1.165, 1.54) is 23.4 Å². The minimum atomic E-state index is -0.558. The van der Waals surface area contributed by atoms with Gasteiger partial charge in [0.1, 0.15) is 18.4 Å². The molecule has 0 radical (unpaired) electrons. The van der Waals surface area contributed by atoms with Crippen molar-refractivity contribution >= 4 is 23.7 Å². The average Bonchev–Trinajstić information content (AvgIpc) is 3.40. The second kappa shape index (κ2) is 8.40. The maximum absolute atomic E-state index is 12.7. The normalized spacial score (nSPS) is 15.6. The predicted molar refractivity (Wildman–Crippen MR) is 110 cm³/mol. The van der Waals surface area contributed by atoms with Crippen LogP contribution in [0.4, 0.5) is 5.95 Å². The second-order valence-electron chi connectivity index (χ2n) is 6.41. The smallest absolute Gasteiger partial charge is 0.338 e. The van der Waals surface area contributed by atoms with Crippen LogP contribution >= 0.6 is 11.8 Å². The topological polar surface area (TPSA) is 82.2 Å². The van der Waals surface area contributed by atoms with E-state index in [1.54, 1.807) is 17.0 Å². The Morgan fingerprint density at radius 1 is 1.34 bits per heavy atom. The largest absolute Gasteiger partial charge is 0.467 e. The molecular formula is C21H20N4O3S. The maximum Gasteiger partial charge on any atom is 0.338 e. The molecule has 8 heteroatoms.